The third-order valence-electron chi connectivity index (χ3n) is 5.36. The molecule has 1 aliphatic heterocycles. The molecule has 0 bridgehead atoms. The molecule has 1 aromatic carbocycles. The van der Waals surface area contributed by atoms with Crippen molar-refractivity contribution < 1.29 is 9.53 Å². The lowest BCUT2D eigenvalue weighted by Crippen LogP contribution is -2.31. The highest BCUT2D eigenvalue weighted by atomic mass is 35.5. The first kappa shape index (κ1) is 20.1. The monoisotopic (exact) mass is 407 g/mol. The maximum atomic E-state index is 12.6. The molecule has 7 heteroatoms. The molecule has 2 N–H and O–H groups in total. The van der Waals surface area contributed by atoms with E-state index < -0.39 is 0 Å². The summed E-state index contributed by atoms with van der Waals surface area (Å²) in [7, 11) is 0. The number of ether oxygens (including phenoxy) is 1. The van der Waals surface area contributed by atoms with Gasteiger partial charge in [-0.3, -0.25) is 4.79 Å². The van der Waals surface area contributed by atoms with Crippen LogP contribution in [0.3, 0.4) is 0 Å². The van der Waals surface area contributed by atoms with Gasteiger partial charge in [-0.15, -0.1) is 23.7 Å². The zero-order valence-electron chi connectivity index (χ0n) is 15.7. The van der Waals surface area contributed by atoms with E-state index in [-0.39, 0.29) is 35.8 Å². The van der Waals surface area contributed by atoms with E-state index in [2.05, 4.69) is 15.6 Å². The lowest BCUT2D eigenvalue weighted by atomic mass is 9.92. The van der Waals surface area contributed by atoms with Crippen LogP contribution < -0.4 is 15.4 Å². The average Bonchev–Trinajstić information content (AvgIpc) is 3.11. The second-order valence-corrected chi connectivity index (χ2v) is 8.45. The maximum absolute atomic E-state index is 12.6. The van der Waals surface area contributed by atoms with E-state index in [1.54, 1.807) is 0 Å². The Labute approximate surface area is 170 Å². The highest BCUT2D eigenvalue weighted by Crippen LogP contribution is 2.58. The zero-order valence-corrected chi connectivity index (χ0v) is 17.3. The summed E-state index contributed by atoms with van der Waals surface area (Å²) in [4.78, 5) is 17.1. The minimum Gasteiger partial charge on any atom is -0.491 e. The van der Waals surface area contributed by atoms with Gasteiger partial charge in [-0.1, -0.05) is 0 Å². The standard InChI is InChI=1S/C20H25N3O2S.ClH/c1-13(2)25-15-5-3-14(4-6-15)17-12-26-19(22-17)23-18(24)16-11-20(16)7-9-21-10-8-20;/h3-6,12-13,16,21H,7-11H2,1-2H3,(H,22,23,24);1H. The smallest absolute Gasteiger partial charge is 0.229 e. The fraction of sp³-hybridized carbons (Fsp3) is 0.500. The number of rotatable bonds is 5. The van der Waals surface area contributed by atoms with Crippen LogP contribution in [0.25, 0.3) is 11.3 Å². The van der Waals surface area contributed by atoms with Crippen LogP contribution in [0.2, 0.25) is 0 Å². The Kier molecular flexibility index (Phi) is 6.08. The van der Waals surface area contributed by atoms with Gasteiger partial charge in [-0.2, -0.15) is 0 Å². The minimum absolute atomic E-state index is 0. The zero-order chi connectivity index (χ0) is 18.1. The molecule has 1 spiro atoms. The van der Waals surface area contributed by atoms with Gasteiger partial charge in [-0.05, 0) is 75.9 Å². The molecule has 1 aliphatic carbocycles. The van der Waals surface area contributed by atoms with Crippen molar-refractivity contribution in [3.8, 4) is 17.0 Å². The first-order chi connectivity index (χ1) is 12.6. The van der Waals surface area contributed by atoms with E-state index in [4.69, 9.17) is 4.74 Å². The molecule has 1 saturated carbocycles. The van der Waals surface area contributed by atoms with Crippen molar-refractivity contribution in [2.24, 2.45) is 11.3 Å². The van der Waals surface area contributed by atoms with Crippen LogP contribution in [0.1, 0.15) is 33.1 Å². The summed E-state index contributed by atoms with van der Waals surface area (Å²) >= 11 is 1.48. The Morgan fingerprint density at radius 3 is 2.67 bits per heavy atom. The number of carbonyl (C=O) groups is 1. The fourth-order valence-electron chi connectivity index (χ4n) is 3.83. The van der Waals surface area contributed by atoms with E-state index in [1.165, 1.54) is 11.3 Å². The SMILES string of the molecule is CC(C)Oc1ccc(-c2csc(NC(=O)C3CC34CCNCC4)n2)cc1.Cl. The minimum atomic E-state index is 0. The van der Waals surface area contributed by atoms with Crippen molar-refractivity contribution in [1.82, 2.24) is 10.3 Å². The molecule has 1 saturated heterocycles. The number of aromatic nitrogens is 1. The summed E-state index contributed by atoms with van der Waals surface area (Å²) in [5, 5.41) is 9.07. The number of nitrogens with one attached hydrogen (secondary N) is 2. The molecule has 27 heavy (non-hydrogen) atoms. The number of carbonyl (C=O) groups excluding carboxylic acids is 1. The summed E-state index contributed by atoms with van der Waals surface area (Å²) in [6.07, 6.45) is 3.40. The molecule has 2 heterocycles. The summed E-state index contributed by atoms with van der Waals surface area (Å²) in [5.74, 6) is 1.14. The van der Waals surface area contributed by atoms with Crippen molar-refractivity contribution >= 4 is 34.8 Å². The second-order valence-electron chi connectivity index (χ2n) is 7.59. The number of halogens is 1. The van der Waals surface area contributed by atoms with Crippen molar-refractivity contribution in [3.63, 3.8) is 0 Å². The number of anilines is 1. The van der Waals surface area contributed by atoms with Crippen LogP contribution in [0, 0.1) is 11.3 Å². The quantitative estimate of drug-likeness (QED) is 0.773. The van der Waals surface area contributed by atoms with E-state index in [0.717, 1.165) is 49.4 Å². The van der Waals surface area contributed by atoms with Crippen LogP contribution in [-0.2, 0) is 4.79 Å². The van der Waals surface area contributed by atoms with Crippen LogP contribution in [0.4, 0.5) is 5.13 Å². The maximum Gasteiger partial charge on any atom is 0.229 e. The van der Waals surface area contributed by atoms with E-state index in [0.29, 0.717) is 5.13 Å². The second kappa shape index (κ2) is 8.17. The van der Waals surface area contributed by atoms with Gasteiger partial charge in [0, 0.05) is 16.9 Å². The van der Waals surface area contributed by atoms with Crippen molar-refractivity contribution in [1.29, 1.82) is 0 Å². The predicted octanol–water partition coefficient (Wildman–Crippen LogP) is 4.35. The van der Waals surface area contributed by atoms with Crippen molar-refractivity contribution in [2.75, 3.05) is 18.4 Å². The van der Waals surface area contributed by atoms with Crippen LogP contribution >= 0.6 is 23.7 Å². The number of amides is 1. The van der Waals surface area contributed by atoms with Gasteiger partial charge in [0.15, 0.2) is 5.13 Å². The van der Waals surface area contributed by atoms with Gasteiger partial charge in [0.2, 0.25) is 5.91 Å². The van der Waals surface area contributed by atoms with Gasteiger partial charge in [0.25, 0.3) is 0 Å². The number of nitrogens with zero attached hydrogens (tertiary/aromatic N) is 1. The van der Waals surface area contributed by atoms with Crippen LogP contribution in [-0.4, -0.2) is 30.1 Å². The molecule has 2 fully saturated rings. The average molecular weight is 408 g/mol. The molecule has 2 aromatic rings. The highest BCUT2D eigenvalue weighted by molar-refractivity contribution is 7.14. The molecule has 1 unspecified atom stereocenters. The van der Waals surface area contributed by atoms with Gasteiger partial charge in [-0.25, -0.2) is 4.98 Å². The summed E-state index contributed by atoms with van der Waals surface area (Å²) in [6, 6.07) is 7.92. The van der Waals surface area contributed by atoms with Gasteiger partial charge in [0.1, 0.15) is 5.75 Å². The molecular weight excluding hydrogens is 382 g/mol. The molecule has 2 aliphatic rings. The Balaban J connectivity index is 0.00000210. The first-order valence-electron chi connectivity index (χ1n) is 9.30. The van der Waals surface area contributed by atoms with Gasteiger partial charge >= 0.3 is 0 Å². The Bertz CT molecular complexity index is 785. The normalized spacial score (nSPS) is 20.2. The molecule has 5 nitrogen and oxygen atoms in total. The van der Waals surface area contributed by atoms with E-state index in [1.807, 2.05) is 43.5 Å². The number of benzene rings is 1. The number of hydrogen-bond acceptors (Lipinski definition) is 5. The van der Waals surface area contributed by atoms with E-state index >= 15 is 0 Å². The molecule has 1 atom stereocenters. The summed E-state index contributed by atoms with van der Waals surface area (Å²) < 4.78 is 5.67. The van der Waals surface area contributed by atoms with E-state index in [9.17, 15) is 4.79 Å². The van der Waals surface area contributed by atoms with Gasteiger partial charge < -0.3 is 15.4 Å². The first-order valence-corrected chi connectivity index (χ1v) is 10.2. The molecule has 146 valence electrons. The third kappa shape index (κ3) is 4.45. The fourth-order valence-corrected chi connectivity index (χ4v) is 4.55. The molecule has 1 amide bonds. The number of hydrogen-bond donors (Lipinski definition) is 2. The van der Waals surface area contributed by atoms with Crippen LogP contribution in [0.5, 0.6) is 5.75 Å². The van der Waals surface area contributed by atoms with Gasteiger partial charge in [0.05, 0.1) is 11.8 Å². The van der Waals surface area contributed by atoms with Crippen molar-refractivity contribution in [3.05, 3.63) is 29.6 Å². The Hall–Kier alpha value is -1.63. The highest BCUT2D eigenvalue weighted by Gasteiger charge is 2.57. The summed E-state index contributed by atoms with van der Waals surface area (Å²) in [5.41, 5.74) is 2.16. The molecule has 1 aromatic heterocycles. The number of piperidine rings is 1. The molecule has 0 radical (unpaired) electrons. The van der Waals surface area contributed by atoms with Crippen LogP contribution in [0.15, 0.2) is 29.6 Å². The largest absolute Gasteiger partial charge is 0.491 e. The third-order valence-corrected chi connectivity index (χ3v) is 6.12. The Morgan fingerprint density at radius 1 is 1.30 bits per heavy atom. The predicted molar refractivity (Wildman–Crippen MR) is 112 cm³/mol. The lowest BCUT2D eigenvalue weighted by molar-refractivity contribution is -0.118. The topological polar surface area (TPSA) is 63.2 Å². The molecule has 4 rings (SSSR count). The number of thiazole rings is 1. The molecular formula is C20H26ClN3O2S. The Morgan fingerprint density at radius 2 is 2.00 bits per heavy atom. The lowest BCUT2D eigenvalue weighted by Gasteiger charge is -2.22. The summed E-state index contributed by atoms with van der Waals surface area (Å²) in [6.45, 7) is 6.08. The van der Waals surface area contributed by atoms with Crippen molar-refractivity contribution in [2.45, 2.75) is 39.2 Å².